The molecular formula is C12H14N2O3. The molecule has 1 aromatic carbocycles. The molecule has 5 heteroatoms. The second-order valence-electron chi connectivity index (χ2n) is 3.94. The lowest BCUT2D eigenvalue weighted by Gasteiger charge is -2.06. The van der Waals surface area contributed by atoms with Gasteiger partial charge in [0.05, 0.1) is 12.8 Å². The normalized spacial score (nSPS) is 10.5. The summed E-state index contributed by atoms with van der Waals surface area (Å²) in [6.45, 7) is 0. The minimum Gasteiger partial charge on any atom is -0.495 e. The van der Waals surface area contributed by atoms with Crippen LogP contribution in [0.4, 0.5) is 5.69 Å². The molecule has 0 radical (unpaired) electrons. The van der Waals surface area contributed by atoms with E-state index in [9.17, 15) is 4.79 Å². The highest BCUT2D eigenvalue weighted by Crippen LogP contribution is 2.30. The summed E-state index contributed by atoms with van der Waals surface area (Å²) < 4.78 is 10.6. The number of nitrogen functional groups attached to an aromatic ring is 1. The maximum Gasteiger partial charge on any atom is 0.289 e. The molecule has 5 nitrogen and oxygen atoms in total. The first-order valence-corrected chi connectivity index (χ1v) is 5.11. The van der Waals surface area contributed by atoms with E-state index in [1.807, 2.05) is 0 Å². The average molecular weight is 234 g/mol. The van der Waals surface area contributed by atoms with Gasteiger partial charge in [0.15, 0.2) is 5.76 Å². The number of anilines is 1. The quantitative estimate of drug-likeness (QED) is 0.803. The van der Waals surface area contributed by atoms with E-state index in [1.165, 1.54) is 4.90 Å². The lowest BCUT2D eigenvalue weighted by atomic mass is 10.2. The molecule has 0 spiro atoms. The summed E-state index contributed by atoms with van der Waals surface area (Å²) >= 11 is 0. The minimum absolute atomic E-state index is 0.182. The van der Waals surface area contributed by atoms with Crippen LogP contribution in [0.25, 0.3) is 11.0 Å². The van der Waals surface area contributed by atoms with Crippen molar-refractivity contribution in [2.24, 2.45) is 0 Å². The predicted octanol–water partition coefficient (Wildman–Crippen LogP) is 1.73. The second-order valence-corrected chi connectivity index (χ2v) is 3.94. The first-order chi connectivity index (χ1) is 8.02. The third kappa shape index (κ3) is 1.91. The lowest BCUT2D eigenvalue weighted by Crippen LogP contribution is -2.20. The average Bonchev–Trinajstić information content (AvgIpc) is 2.69. The van der Waals surface area contributed by atoms with Gasteiger partial charge in [-0.25, -0.2) is 0 Å². The fourth-order valence-electron chi connectivity index (χ4n) is 1.58. The fourth-order valence-corrected chi connectivity index (χ4v) is 1.58. The molecule has 0 aliphatic rings. The van der Waals surface area contributed by atoms with Gasteiger partial charge in [-0.2, -0.15) is 0 Å². The van der Waals surface area contributed by atoms with Crippen molar-refractivity contribution in [2.75, 3.05) is 26.9 Å². The van der Waals surface area contributed by atoms with Crippen molar-refractivity contribution in [2.45, 2.75) is 0 Å². The number of nitrogens with two attached hydrogens (primary N) is 1. The fraction of sp³-hybridized carbons (Fsp3) is 0.250. The summed E-state index contributed by atoms with van der Waals surface area (Å²) in [4.78, 5) is 13.2. The Morgan fingerprint density at radius 2 is 2.06 bits per heavy atom. The number of benzene rings is 1. The first kappa shape index (κ1) is 11.3. The van der Waals surface area contributed by atoms with Crippen LogP contribution in [0.5, 0.6) is 5.75 Å². The van der Waals surface area contributed by atoms with Gasteiger partial charge in [0.2, 0.25) is 0 Å². The number of furan rings is 1. The van der Waals surface area contributed by atoms with E-state index in [0.29, 0.717) is 17.0 Å². The molecule has 0 saturated heterocycles. The molecular weight excluding hydrogens is 220 g/mol. The summed E-state index contributed by atoms with van der Waals surface area (Å²) in [6, 6.07) is 5.08. The van der Waals surface area contributed by atoms with Crippen molar-refractivity contribution in [3.63, 3.8) is 0 Å². The number of fused-ring (bicyclic) bond motifs is 1. The Balaban J connectivity index is 2.54. The Morgan fingerprint density at radius 3 is 2.65 bits per heavy atom. The summed E-state index contributed by atoms with van der Waals surface area (Å²) in [7, 11) is 4.89. The van der Waals surface area contributed by atoms with Crippen molar-refractivity contribution in [3.8, 4) is 5.75 Å². The van der Waals surface area contributed by atoms with E-state index >= 15 is 0 Å². The number of ether oxygens (including phenoxy) is 1. The molecule has 0 aliphatic carbocycles. The Morgan fingerprint density at radius 1 is 1.35 bits per heavy atom. The highest BCUT2D eigenvalue weighted by atomic mass is 16.5. The summed E-state index contributed by atoms with van der Waals surface area (Å²) in [5, 5.41) is 0.793. The van der Waals surface area contributed by atoms with E-state index < -0.39 is 0 Å². The molecule has 0 fully saturated rings. The van der Waals surface area contributed by atoms with Crippen LogP contribution in [0.2, 0.25) is 0 Å². The van der Waals surface area contributed by atoms with Gasteiger partial charge in [-0.15, -0.1) is 0 Å². The number of nitrogens with zero attached hydrogens (tertiary/aromatic N) is 1. The van der Waals surface area contributed by atoms with Gasteiger partial charge in [0.25, 0.3) is 5.91 Å². The third-order valence-electron chi connectivity index (χ3n) is 2.49. The van der Waals surface area contributed by atoms with Crippen molar-refractivity contribution >= 4 is 22.6 Å². The zero-order valence-electron chi connectivity index (χ0n) is 9.98. The molecule has 1 amide bonds. The first-order valence-electron chi connectivity index (χ1n) is 5.11. The molecule has 90 valence electrons. The second kappa shape index (κ2) is 4.01. The van der Waals surface area contributed by atoms with E-state index in [2.05, 4.69) is 0 Å². The standard InChI is InChI=1S/C12H14N2O3/c1-14(2)12(15)11-5-7-4-10(16-3)8(13)6-9(7)17-11/h4-6H,13H2,1-3H3. The predicted molar refractivity (Wildman–Crippen MR) is 65.2 cm³/mol. The highest BCUT2D eigenvalue weighted by Gasteiger charge is 2.15. The van der Waals surface area contributed by atoms with Crippen molar-refractivity contribution < 1.29 is 13.9 Å². The third-order valence-corrected chi connectivity index (χ3v) is 2.49. The largest absolute Gasteiger partial charge is 0.495 e. The maximum absolute atomic E-state index is 11.7. The summed E-state index contributed by atoms with van der Waals surface area (Å²) in [6.07, 6.45) is 0. The van der Waals surface area contributed by atoms with Crippen LogP contribution in [0.15, 0.2) is 22.6 Å². The molecule has 0 aliphatic heterocycles. The molecule has 2 aromatic rings. The van der Waals surface area contributed by atoms with Crippen LogP contribution in [0.3, 0.4) is 0 Å². The molecule has 1 aromatic heterocycles. The molecule has 1 heterocycles. The van der Waals surface area contributed by atoms with E-state index in [4.69, 9.17) is 14.9 Å². The van der Waals surface area contributed by atoms with E-state index in [0.717, 1.165) is 5.39 Å². The Bertz CT molecular complexity index is 572. The zero-order chi connectivity index (χ0) is 12.6. The van der Waals surface area contributed by atoms with Gasteiger partial charge in [0.1, 0.15) is 11.3 Å². The molecule has 2 N–H and O–H groups in total. The number of hydrogen-bond donors (Lipinski definition) is 1. The monoisotopic (exact) mass is 234 g/mol. The van der Waals surface area contributed by atoms with Gasteiger partial charge in [0, 0.05) is 25.5 Å². The van der Waals surface area contributed by atoms with E-state index in [-0.39, 0.29) is 11.7 Å². The molecule has 0 saturated carbocycles. The number of carbonyl (C=O) groups is 1. The Hall–Kier alpha value is -2.17. The van der Waals surface area contributed by atoms with Crippen LogP contribution in [0.1, 0.15) is 10.6 Å². The van der Waals surface area contributed by atoms with Gasteiger partial charge < -0.3 is 19.8 Å². The van der Waals surface area contributed by atoms with Gasteiger partial charge in [-0.1, -0.05) is 0 Å². The lowest BCUT2D eigenvalue weighted by molar-refractivity contribution is 0.0799. The van der Waals surface area contributed by atoms with Crippen molar-refractivity contribution in [1.82, 2.24) is 4.90 Å². The summed E-state index contributed by atoms with van der Waals surface area (Å²) in [5.41, 5.74) is 6.82. The minimum atomic E-state index is -0.182. The van der Waals surface area contributed by atoms with Crippen LogP contribution >= 0.6 is 0 Å². The van der Waals surface area contributed by atoms with Crippen LogP contribution < -0.4 is 10.5 Å². The number of hydrogen-bond acceptors (Lipinski definition) is 4. The van der Waals surface area contributed by atoms with Gasteiger partial charge in [-0.05, 0) is 12.1 Å². The molecule has 17 heavy (non-hydrogen) atoms. The number of rotatable bonds is 2. The van der Waals surface area contributed by atoms with Gasteiger partial charge in [-0.3, -0.25) is 4.79 Å². The van der Waals surface area contributed by atoms with Gasteiger partial charge >= 0.3 is 0 Å². The number of methoxy groups -OCH3 is 1. The smallest absolute Gasteiger partial charge is 0.289 e. The SMILES string of the molecule is COc1cc2cc(C(=O)N(C)C)oc2cc1N. The topological polar surface area (TPSA) is 68.7 Å². The molecule has 2 rings (SSSR count). The molecule has 0 atom stereocenters. The Kier molecular flexibility index (Phi) is 2.67. The number of carbonyl (C=O) groups excluding carboxylic acids is 1. The van der Waals surface area contributed by atoms with Crippen LogP contribution in [-0.2, 0) is 0 Å². The summed E-state index contributed by atoms with van der Waals surface area (Å²) in [5.74, 6) is 0.679. The van der Waals surface area contributed by atoms with E-state index in [1.54, 1.807) is 39.4 Å². The van der Waals surface area contributed by atoms with Crippen LogP contribution in [0, 0.1) is 0 Å². The zero-order valence-corrected chi connectivity index (χ0v) is 9.98. The number of amides is 1. The molecule has 0 bridgehead atoms. The Labute approximate surface area is 98.7 Å². The van der Waals surface area contributed by atoms with Crippen molar-refractivity contribution in [1.29, 1.82) is 0 Å². The highest BCUT2D eigenvalue weighted by molar-refractivity contribution is 5.96. The maximum atomic E-state index is 11.7. The molecule has 0 unspecified atom stereocenters. The van der Waals surface area contributed by atoms with Crippen LogP contribution in [-0.4, -0.2) is 32.0 Å². The van der Waals surface area contributed by atoms with Crippen molar-refractivity contribution in [3.05, 3.63) is 24.0 Å².